The van der Waals surface area contributed by atoms with E-state index in [9.17, 15) is 0 Å². The highest BCUT2D eigenvalue weighted by Gasteiger charge is 2.31. The van der Waals surface area contributed by atoms with Crippen LogP contribution in [-0.4, -0.2) is 48.6 Å². The molecular weight excluding hydrogens is 326 g/mol. The van der Waals surface area contributed by atoms with Gasteiger partial charge in [0.05, 0.1) is 0 Å². The molecule has 2 aliphatic heterocycles. The molecule has 2 unspecified atom stereocenters. The Balaban J connectivity index is 1.79. The van der Waals surface area contributed by atoms with Gasteiger partial charge in [0.2, 0.25) is 0 Å². The Morgan fingerprint density at radius 2 is 2.10 bits per heavy atom. The maximum Gasteiger partial charge on any atom is 0.0471 e. The summed E-state index contributed by atoms with van der Waals surface area (Å²) in [5, 5.41) is 0. The van der Waals surface area contributed by atoms with Crippen LogP contribution in [0.2, 0.25) is 0 Å². The number of nitrogens with two attached hydrogens (primary N) is 1. The van der Waals surface area contributed by atoms with Crippen molar-refractivity contribution in [2.45, 2.75) is 38.3 Å². The quantitative estimate of drug-likeness (QED) is 0.908. The number of hydrogen-bond acceptors (Lipinski definition) is 3. The van der Waals surface area contributed by atoms with Crippen molar-refractivity contribution >= 4 is 15.9 Å². The zero-order chi connectivity index (χ0) is 14.8. The second-order valence-electron chi connectivity index (χ2n) is 6.44. The van der Waals surface area contributed by atoms with Gasteiger partial charge in [0, 0.05) is 36.2 Å². The summed E-state index contributed by atoms with van der Waals surface area (Å²) in [6, 6.07) is 7.79. The first kappa shape index (κ1) is 15.5. The van der Waals surface area contributed by atoms with Crippen molar-refractivity contribution in [3.63, 3.8) is 0 Å². The van der Waals surface area contributed by atoms with Crippen molar-refractivity contribution in [1.29, 1.82) is 0 Å². The number of benzene rings is 1. The number of aryl methyl sites for hydroxylation is 1. The van der Waals surface area contributed by atoms with Crippen LogP contribution in [0, 0.1) is 6.92 Å². The maximum absolute atomic E-state index is 6.14. The Labute approximate surface area is 136 Å². The predicted molar refractivity (Wildman–Crippen MR) is 91.5 cm³/mol. The highest BCUT2D eigenvalue weighted by atomic mass is 79.9. The third-order valence-electron chi connectivity index (χ3n) is 5.08. The van der Waals surface area contributed by atoms with Gasteiger partial charge in [0.25, 0.3) is 0 Å². The first-order chi connectivity index (χ1) is 10.2. The second kappa shape index (κ2) is 6.78. The lowest BCUT2D eigenvalue weighted by Gasteiger charge is -2.32. The number of hydrogen-bond donors (Lipinski definition) is 1. The number of nitrogens with zero attached hydrogens (tertiary/aromatic N) is 2. The largest absolute Gasteiger partial charge is 0.329 e. The van der Waals surface area contributed by atoms with Gasteiger partial charge in [-0.1, -0.05) is 28.1 Å². The molecule has 0 aliphatic carbocycles. The van der Waals surface area contributed by atoms with Gasteiger partial charge >= 0.3 is 0 Å². The summed E-state index contributed by atoms with van der Waals surface area (Å²) in [6.07, 6.45) is 3.98. The fourth-order valence-corrected chi connectivity index (χ4v) is 4.23. The Morgan fingerprint density at radius 1 is 1.29 bits per heavy atom. The van der Waals surface area contributed by atoms with E-state index in [0.717, 1.165) is 6.04 Å². The van der Waals surface area contributed by atoms with Crippen LogP contribution in [0.25, 0.3) is 0 Å². The van der Waals surface area contributed by atoms with E-state index in [-0.39, 0.29) is 0 Å². The molecule has 1 aromatic rings. The van der Waals surface area contributed by atoms with Gasteiger partial charge in [-0.15, -0.1) is 0 Å². The van der Waals surface area contributed by atoms with Crippen molar-refractivity contribution < 1.29 is 0 Å². The molecule has 0 radical (unpaired) electrons. The highest BCUT2D eigenvalue weighted by Crippen LogP contribution is 2.29. The molecule has 0 bridgehead atoms. The van der Waals surface area contributed by atoms with Crippen LogP contribution < -0.4 is 5.73 Å². The van der Waals surface area contributed by atoms with E-state index in [1.165, 1.54) is 61.0 Å². The van der Waals surface area contributed by atoms with Crippen LogP contribution in [0.3, 0.4) is 0 Å². The fraction of sp³-hybridized carbons (Fsp3) is 0.647. The smallest absolute Gasteiger partial charge is 0.0471 e. The Morgan fingerprint density at radius 3 is 2.86 bits per heavy atom. The second-order valence-corrected chi connectivity index (χ2v) is 7.29. The van der Waals surface area contributed by atoms with Crippen LogP contribution >= 0.6 is 15.9 Å². The third-order valence-corrected chi connectivity index (χ3v) is 5.93. The molecule has 2 atom stereocenters. The van der Waals surface area contributed by atoms with Gasteiger partial charge in [-0.05, 0) is 56.5 Å². The topological polar surface area (TPSA) is 32.5 Å². The van der Waals surface area contributed by atoms with Crippen LogP contribution in [0.5, 0.6) is 0 Å². The van der Waals surface area contributed by atoms with Crippen LogP contribution in [0.1, 0.15) is 36.4 Å². The molecule has 2 aliphatic rings. The minimum Gasteiger partial charge on any atom is -0.329 e. The summed E-state index contributed by atoms with van der Waals surface area (Å²) in [7, 11) is 0. The van der Waals surface area contributed by atoms with Crippen molar-refractivity contribution in [2.24, 2.45) is 5.73 Å². The minimum atomic E-state index is 0.349. The molecule has 116 valence electrons. The standard InChI is InChI=1S/C17H26BrN3/c1-13-5-6-14(10-16(13)18)17(11-19)21-9-3-8-20-7-2-4-15(20)12-21/h5-6,10,15,17H,2-4,7-9,11-12,19H2,1H3. The van der Waals surface area contributed by atoms with Crippen LogP contribution in [-0.2, 0) is 0 Å². The van der Waals surface area contributed by atoms with Gasteiger partial charge in [-0.25, -0.2) is 0 Å². The van der Waals surface area contributed by atoms with Crippen molar-refractivity contribution in [3.05, 3.63) is 33.8 Å². The lowest BCUT2D eigenvalue weighted by molar-refractivity contribution is 0.176. The van der Waals surface area contributed by atoms with E-state index in [2.05, 4.69) is 50.9 Å². The molecule has 0 amide bonds. The number of halogens is 1. The van der Waals surface area contributed by atoms with Crippen molar-refractivity contribution in [3.8, 4) is 0 Å². The zero-order valence-corrected chi connectivity index (χ0v) is 14.5. The maximum atomic E-state index is 6.14. The molecule has 21 heavy (non-hydrogen) atoms. The molecule has 1 aromatic carbocycles. The molecule has 2 fully saturated rings. The summed E-state index contributed by atoms with van der Waals surface area (Å²) in [6.45, 7) is 7.72. The van der Waals surface area contributed by atoms with E-state index in [1.807, 2.05) is 0 Å². The first-order valence-corrected chi connectivity index (χ1v) is 8.92. The minimum absolute atomic E-state index is 0.349. The molecule has 0 aromatic heterocycles. The first-order valence-electron chi connectivity index (χ1n) is 8.13. The summed E-state index contributed by atoms with van der Waals surface area (Å²) in [5.74, 6) is 0. The Hall–Kier alpha value is -0.420. The SMILES string of the molecule is Cc1ccc(C(CN)N2CCCN3CCCC3C2)cc1Br. The average molecular weight is 352 g/mol. The van der Waals surface area contributed by atoms with Crippen LogP contribution in [0.15, 0.2) is 22.7 Å². The van der Waals surface area contributed by atoms with Crippen molar-refractivity contribution in [2.75, 3.05) is 32.7 Å². The van der Waals surface area contributed by atoms with Crippen molar-refractivity contribution in [1.82, 2.24) is 9.80 Å². The Bertz CT molecular complexity index is 491. The molecule has 4 heteroatoms. The molecule has 3 rings (SSSR count). The predicted octanol–water partition coefficient (Wildman–Crippen LogP) is 2.93. The normalized spacial score (nSPS) is 25.6. The fourth-order valence-electron chi connectivity index (χ4n) is 3.83. The van der Waals surface area contributed by atoms with Gasteiger partial charge in [0.1, 0.15) is 0 Å². The monoisotopic (exact) mass is 351 g/mol. The van der Waals surface area contributed by atoms with E-state index in [1.54, 1.807) is 0 Å². The molecule has 3 nitrogen and oxygen atoms in total. The molecule has 2 heterocycles. The van der Waals surface area contributed by atoms with Gasteiger partial charge in [-0.3, -0.25) is 9.80 Å². The van der Waals surface area contributed by atoms with Crippen LogP contribution in [0.4, 0.5) is 0 Å². The molecular formula is C17H26BrN3. The number of rotatable bonds is 3. The molecule has 2 saturated heterocycles. The lowest BCUT2D eigenvalue weighted by Crippen LogP contribution is -2.40. The average Bonchev–Trinajstić information content (AvgIpc) is 2.82. The van der Waals surface area contributed by atoms with E-state index in [0.29, 0.717) is 12.6 Å². The number of fused-ring (bicyclic) bond motifs is 1. The van der Waals surface area contributed by atoms with Gasteiger partial charge in [-0.2, -0.15) is 0 Å². The van der Waals surface area contributed by atoms with Gasteiger partial charge in [0.15, 0.2) is 0 Å². The highest BCUT2D eigenvalue weighted by molar-refractivity contribution is 9.10. The third kappa shape index (κ3) is 3.34. The van der Waals surface area contributed by atoms with E-state index >= 15 is 0 Å². The van der Waals surface area contributed by atoms with Gasteiger partial charge < -0.3 is 5.73 Å². The summed E-state index contributed by atoms with van der Waals surface area (Å²) >= 11 is 3.66. The summed E-state index contributed by atoms with van der Waals surface area (Å²) < 4.78 is 1.19. The summed E-state index contributed by atoms with van der Waals surface area (Å²) in [5.41, 5.74) is 8.77. The summed E-state index contributed by atoms with van der Waals surface area (Å²) in [4.78, 5) is 5.30. The zero-order valence-electron chi connectivity index (χ0n) is 12.9. The Kier molecular flexibility index (Phi) is 4.99. The lowest BCUT2D eigenvalue weighted by atomic mass is 10.0. The molecule has 0 spiro atoms. The van der Waals surface area contributed by atoms with E-state index in [4.69, 9.17) is 5.73 Å². The molecule has 0 saturated carbocycles. The van der Waals surface area contributed by atoms with E-state index < -0.39 is 0 Å². The molecule has 2 N–H and O–H groups in total.